The van der Waals surface area contributed by atoms with E-state index in [1.54, 1.807) is 12.1 Å². The molecule has 1 aliphatic heterocycles. The summed E-state index contributed by atoms with van der Waals surface area (Å²) in [6.07, 6.45) is 0.703. The van der Waals surface area contributed by atoms with Gasteiger partial charge in [0.2, 0.25) is 11.8 Å². The molecule has 0 unspecified atom stereocenters. The predicted octanol–water partition coefficient (Wildman–Crippen LogP) is 1.65. The van der Waals surface area contributed by atoms with Gasteiger partial charge in [0.1, 0.15) is 11.9 Å². The molecule has 1 aliphatic rings. The van der Waals surface area contributed by atoms with Gasteiger partial charge >= 0.3 is 0 Å². The van der Waals surface area contributed by atoms with Crippen LogP contribution in [0.3, 0.4) is 0 Å². The Kier molecular flexibility index (Phi) is 3.57. The highest BCUT2D eigenvalue weighted by atomic mass is 35.5. The lowest BCUT2D eigenvalue weighted by Crippen LogP contribution is -2.24. The number of ether oxygens (including phenoxy) is 2. The Hall–Kier alpha value is -2.05. The molecule has 1 aromatic heterocycles. The zero-order chi connectivity index (χ0) is 15.0. The van der Waals surface area contributed by atoms with E-state index in [9.17, 15) is 0 Å². The smallest absolute Gasteiger partial charge is 0.223 e. The van der Waals surface area contributed by atoms with E-state index in [-0.39, 0.29) is 12.1 Å². The van der Waals surface area contributed by atoms with Crippen molar-refractivity contribution < 1.29 is 9.47 Å². The van der Waals surface area contributed by atoms with E-state index in [1.165, 1.54) is 7.11 Å². The van der Waals surface area contributed by atoms with E-state index < -0.39 is 0 Å². The molecule has 1 atom stereocenters. The number of hydrogen-bond donors (Lipinski definition) is 2. The third kappa shape index (κ3) is 2.59. The molecule has 2 aromatic rings. The summed E-state index contributed by atoms with van der Waals surface area (Å²) in [7, 11) is 1.53. The number of benzene rings is 1. The van der Waals surface area contributed by atoms with Crippen LogP contribution in [-0.4, -0.2) is 29.7 Å². The molecule has 7 heteroatoms. The lowest BCUT2D eigenvalue weighted by molar-refractivity contribution is 0.241. The van der Waals surface area contributed by atoms with Gasteiger partial charge in [-0.1, -0.05) is 11.6 Å². The Bertz CT molecular complexity index is 693. The summed E-state index contributed by atoms with van der Waals surface area (Å²) >= 11 is 6.29. The van der Waals surface area contributed by atoms with Crippen LogP contribution in [0, 0.1) is 0 Å². The highest BCUT2D eigenvalue weighted by Gasteiger charge is 2.25. The van der Waals surface area contributed by atoms with Gasteiger partial charge in [-0.15, -0.1) is 0 Å². The number of nitrogen functional groups attached to an aromatic ring is 1. The van der Waals surface area contributed by atoms with Crippen molar-refractivity contribution in [1.29, 1.82) is 0 Å². The monoisotopic (exact) mass is 306 g/mol. The number of methoxy groups -OCH3 is 1. The summed E-state index contributed by atoms with van der Waals surface area (Å²) in [5.41, 5.74) is 13.8. The first kappa shape index (κ1) is 13.9. The maximum absolute atomic E-state index is 6.29. The maximum atomic E-state index is 6.29. The molecule has 0 bridgehead atoms. The average molecular weight is 307 g/mol. The molecule has 110 valence electrons. The molecule has 3 rings (SSSR count). The summed E-state index contributed by atoms with van der Waals surface area (Å²) in [5.74, 6) is 1.26. The van der Waals surface area contributed by atoms with Crippen molar-refractivity contribution in [1.82, 2.24) is 9.97 Å². The van der Waals surface area contributed by atoms with Gasteiger partial charge in [-0.3, -0.25) is 0 Å². The molecule has 1 aromatic carbocycles. The van der Waals surface area contributed by atoms with Crippen molar-refractivity contribution in [3.05, 3.63) is 28.8 Å². The molecule has 6 nitrogen and oxygen atoms in total. The van der Waals surface area contributed by atoms with Gasteiger partial charge in [-0.2, -0.15) is 4.98 Å². The van der Waals surface area contributed by atoms with Crippen molar-refractivity contribution in [2.75, 3.05) is 19.4 Å². The molecule has 0 fully saturated rings. The second-order valence-corrected chi connectivity index (χ2v) is 5.19. The molecule has 4 N–H and O–H groups in total. The highest BCUT2D eigenvalue weighted by molar-refractivity contribution is 6.32. The lowest BCUT2D eigenvalue weighted by Gasteiger charge is -2.09. The third-order valence-electron chi connectivity index (χ3n) is 3.34. The Morgan fingerprint density at radius 1 is 1.38 bits per heavy atom. The van der Waals surface area contributed by atoms with Gasteiger partial charge in [0.05, 0.1) is 17.8 Å². The number of fused-ring (bicyclic) bond motifs is 1. The van der Waals surface area contributed by atoms with Crippen LogP contribution in [0.1, 0.15) is 5.56 Å². The SMILES string of the molecule is COc1cc(-c2cc(Cl)c3c(c2)C[C@@H](CN)O3)nc(N)n1. The van der Waals surface area contributed by atoms with Gasteiger partial charge in [-0.05, 0) is 12.1 Å². The molecule has 0 aliphatic carbocycles. The minimum Gasteiger partial charge on any atom is -0.487 e. The van der Waals surface area contributed by atoms with Crippen LogP contribution >= 0.6 is 11.6 Å². The number of rotatable bonds is 3. The van der Waals surface area contributed by atoms with Crippen LogP contribution in [0.15, 0.2) is 18.2 Å². The normalized spacial score (nSPS) is 16.4. The molecular weight excluding hydrogens is 292 g/mol. The van der Waals surface area contributed by atoms with Crippen LogP contribution in [0.4, 0.5) is 5.95 Å². The topological polar surface area (TPSA) is 96.3 Å². The van der Waals surface area contributed by atoms with Gasteiger partial charge in [0.25, 0.3) is 0 Å². The summed E-state index contributed by atoms with van der Waals surface area (Å²) < 4.78 is 10.8. The Labute approximate surface area is 127 Å². The van der Waals surface area contributed by atoms with Gasteiger partial charge < -0.3 is 20.9 Å². The number of hydrogen-bond acceptors (Lipinski definition) is 6. The molecule has 0 saturated carbocycles. The van der Waals surface area contributed by atoms with Crippen molar-refractivity contribution in [3.63, 3.8) is 0 Å². The van der Waals surface area contributed by atoms with Crippen molar-refractivity contribution in [3.8, 4) is 22.9 Å². The number of anilines is 1. The fraction of sp³-hybridized carbons (Fsp3) is 0.286. The molecule has 2 heterocycles. The average Bonchev–Trinajstić information content (AvgIpc) is 2.90. The summed E-state index contributed by atoms with van der Waals surface area (Å²) in [6.45, 7) is 0.453. The number of aromatic nitrogens is 2. The van der Waals surface area contributed by atoms with E-state index in [2.05, 4.69) is 9.97 Å². The predicted molar refractivity (Wildman–Crippen MR) is 80.6 cm³/mol. The van der Waals surface area contributed by atoms with Crippen LogP contribution in [0.25, 0.3) is 11.3 Å². The Morgan fingerprint density at radius 2 is 2.19 bits per heavy atom. The first-order valence-corrected chi connectivity index (χ1v) is 6.86. The molecule has 0 spiro atoms. The summed E-state index contributed by atoms with van der Waals surface area (Å²) in [5, 5.41) is 0.537. The highest BCUT2D eigenvalue weighted by Crippen LogP contribution is 2.39. The molecule has 21 heavy (non-hydrogen) atoms. The zero-order valence-electron chi connectivity index (χ0n) is 11.5. The quantitative estimate of drug-likeness (QED) is 0.895. The molecule has 0 saturated heterocycles. The number of halogens is 1. The minimum absolute atomic E-state index is 0.0299. The van der Waals surface area contributed by atoms with E-state index in [1.807, 2.05) is 6.07 Å². The van der Waals surface area contributed by atoms with E-state index >= 15 is 0 Å². The Morgan fingerprint density at radius 3 is 2.90 bits per heavy atom. The van der Waals surface area contributed by atoms with Crippen molar-refractivity contribution in [2.24, 2.45) is 5.73 Å². The third-order valence-corrected chi connectivity index (χ3v) is 3.62. The van der Waals surface area contributed by atoms with E-state index in [4.69, 9.17) is 32.5 Å². The van der Waals surface area contributed by atoms with Crippen LogP contribution in [-0.2, 0) is 6.42 Å². The van der Waals surface area contributed by atoms with Gasteiger partial charge in [0, 0.05) is 30.2 Å². The fourth-order valence-electron chi connectivity index (χ4n) is 2.36. The standard InChI is InChI=1S/C14H15ClN4O2/c1-20-12-5-11(18-14(17)19-12)7-2-8-3-9(6-16)21-13(8)10(15)4-7/h2,4-5,9H,3,6,16H2,1H3,(H2,17,18,19)/t9-/m0/s1. The molecular formula is C14H15ClN4O2. The number of nitrogens with two attached hydrogens (primary N) is 2. The van der Waals surface area contributed by atoms with Crippen LogP contribution in [0.5, 0.6) is 11.6 Å². The van der Waals surface area contributed by atoms with Crippen molar-refractivity contribution in [2.45, 2.75) is 12.5 Å². The van der Waals surface area contributed by atoms with E-state index in [0.29, 0.717) is 28.9 Å². The van der Waals surface area contributed by atoms with Crippen LogP contribution < -0.4 is 20.9 Å². The first-order valence-electron chi connectivity index (χ1n) is 6.48. The fourth-order valence-corrected chi connectivity index (χ4v) is 2.65. The summed E-state index contributed by atoms with van der Waals surface area (Å²) in [4.78, 5) is 8.19. The second-order valence-electron chi connectivity index (χ2n) is 4.78. The summed E-state index contributed by atoms with van der Waals surface area (Å²) in [6, 6.07) is 5.49. The molecule has 0 amide bonds. The lowest BCUT2D eigenvalue weighted by atomic mass is 10.0. The minimum atomic E-state index is -0.0299. The number of nitrogens with zero attached hydrogens (tertiary/aromatic N) is 2. The van der Waals surface area contributed by atoms with Gasteiger partial charge in [-0.25, -0.2) is 4.98 Å². The van der Waals surface area contributed by atoms with Gasteiger partial charge in [0.15, 0.2) is 0 Å². The first-order chi connectivity index (χ1) is 10.1. The largest absolute Gasteiger partial charge is 0.487 e. The zero-order valence-corrected chi connectivity index (χ0v) is 12.2. The van der Waals surface area contributed by atoms with E-state index in [0.717, 1.165) is 17.5 Å². The molecule has 0 radical (unpaired) electrons. The van der Waals surface area contributed by atoms with Crippen LogP contribution in [0.2, 0.25) is 5.02 Å². The van der Waals surface area contributed by atoms with Crippen molar-refractivity contribution >= 4 is 17.5 Å². The maximum Gasteiger partial charge on any atom is 0.223 e. The Balaban J connectivity index is 2.05. The second kappa shape index (κ2) is 5.38.